The van der Waals surface area contributed by atoms with Crippen LogP contribution in [0.4, 0.5) is 0 Å². The Bertz CT molecular complexity index is 295. The molecule has 1 nitrogen and oxygen atoms in total. The van der Waals surface area contributed by atoms with Crippen molar-refractivity contribution in [2.75, 3.05) is 7.11 Å². The zero-order valence-corrected chi connectivity index (χ0v) is 11.1. The molecule has 1 aromatic carbocycles. The molecule has 0 saturated carbocycles. The molecule has 1 heteroatoms. The molecular formula is C14H24O. The average Bonchev–Trinajstić information content (AvgIpc) is 2.18. The predicted octanol–water partition coefficient (Wildman–Crippen LogP) is 4.33. The molecule has 0 amide bonds. The van der Waals surface area contributed by atoms with E-state index in [9.17, 15) is 0 Å². The lowest BCUT2D eigenvalue weighted by Crippen LogP contribution is -2.12. The van der Waals surface area contributed by atoms with Crippen molar-refractivity contribution < 1.29 is 4.74 Å². The van der Waals surface area contributed by atoms with Gasteiger partial charge in [0.1, 0.15) is 5.75 Å². The summed E-state index contributed by atoms with van der Waals surface area (Å²) in [4.78, 5) is 0. The Morgan fingerprint density at radius 1 is 1.07 bits per heavy atom. The molecule has 0 spiro atoms. The van der Waals surface area contributed by atoms with Crippen LogP contribution in [-0.4, -0.2) is 7.11 Å². The molecule has 0 fully saturated rings. The fourth-order valence-electron chi connectivity index (χ4n) is 1.42. The van der Waals surface area contributed by atoms with Gasteiger partial charge in [0.2, 0.25) is 0 Å². The predicted molar refractivity (Wildman–Crippen MR) is 67.8 cm³/mol. The first-order valence-corrected chi connectivity index (χ1v) is 5.60. The summed E-state index contributed by atoms with van der Waals surface area (Å²) in [6.45, 7) is 12.7. The molecule has 0 unspecified atom stereocenters. The van der Waals surface area contributed by atoms with E-state index in [-0.39, 0.29) is 5.41 Å². The molecule has 0 aromatic heterocycles. The van der Waals surface area contributed by atoms with Gasteiger partial charge in [0, 0.05) is 0 Å². The molecule has 0 radical (unpaired) electrons. The number of rotatable bonds is 1. The number of aryl methyl sites for hydroxylation is 1. The molecule has 0 aliphatic heterocycles. The largest absolute Gasteiger partial charge is 0.496 e. The fourth-order valence-corrected chi connectivity index (χ4v) is 1.42. The van der Waals surface area contributed by atoms with Crippen LogP contribution in [0, 0.1) is 6.92 Å². The molecule has 86 valence electrons. The first-order chi connectivity index (χ1) is 6.95. The van der Waals surface area contributed by atoms with Crippen LogP contribution in [0.15, 0.2) is 18.2 Å². The van der Waals surface area contributed by atoms with Crippen LogP contribution in [0.3, 0.4) is 0 Å². The van der Waals surface area contributed by atoms with Gasteiger partial charge in [0.05, 0.1) is 7.11 Å². The number of hydrogen-bond donors (Lipinski definition) is 0. The van der Waals surface area contributed by atoms with Gasteiger partial charge in [-0.2, -0.15) is 0 Å². The Kier molecular flexibility index (Phi) is 5.41. The van der Waals surface area contributed by atoms with Gasteiger partial charge in [-0.3, -0.25) is 0 Å². The van der Waals surface area contributed by atoms with Crippen molar-refractivity contribution in [1.82, 2.24) is 0 Å². The van der Waals surface area contributed by atoms with Crippen molar-refractivity contribution in [2.45, 2.75) is 47.0 Å². The van der Waals surface area contributed by atoms with Crippen LogP contribution >= 0.6 is 0 Å². The van der Waals surface area contributed by atoms with E-state index in [0.29, 0.717) is 0 Å². The zero-order valence-electron chi connectivity index (χ0n) is 11.1. The second-order valence-electron chi connectivity index (χ2n) is 4.45. The molecule has 0 aliphatic carbocycles. The van der Waals surface area contributed by atoms with E-state index in [4.69, 9.17) is 4.74 Å². The SMILES string of the molecule is CC.COc1cc(C)ccc1C(C)(C)C. The number of methoxy groups -OCH3 is 1. The van der Waals surface area contributed by atoms with Gasteiger partial charge in [-0.1, -0.05) is 46.8 Å². The van der Waals surface area contributed by atoms with Crippen LogP contribution in [-0.2, 0) is 5.41 Å². The maximum atomic E-state index is 5.35. The van der Waals surface area contributed by atoms with E-state index in [1.165, 1.54) is 11.1 Å². The van der Waals surface area contributed by atoms with E-state index in [0.717, 1.165) is 5.75 Å². The minimum atomic E-state index is 0.152. The highest BCUT2D eigenvalue weighted by molar-refractivity contribution is 5.41. The van der Waals surface area contributed by atoms with Gasteiger partial charge in [-0.25, -0.2) is 0 Å². The first-order valence-electron chi connectivity index (χ1n) is 5.60. The third-order valence-electron chi connectivity index (χ3n) is 2.17. The van der Waals surface area contributed by atoms with Crippen molar-refractivity contribution in [3.63, 3.8) is 0 Å². The maximum absolute atomic E-state index is 5.35. The Morgan fingerprint density at radius 2 is 1.60 bits per heavy atom. The van der Waals surface area contributed by atoms with E-state index in [1.807, 2.05) is 13.8 Å². The Labute approximate surface area is 94.5 Å². The Hall–Kier alpha value is -0.980. The summed E-state index contributed by atoms with van der Waals surface area (Å²) in [6.07, 6.45) is 0. The summed E-state index contributed by atoms with van der Waals surface area (Å²) in [5.74, 6) is 0.993. The summed E-state index contributed by atoms with van der Waals surface area (Å²) >= 11 is 0. The van der Waals surface area contributed by atoms with Gasteiger partial charge in [-0.05, 0) is 29.5 Å². The van der Waals surface area contributed by atoms with E-state index < -0.39 is 0 Å². The molecule has 0 bridgehead atoms. The lowest BCUT2D eigenvalue weighted by molar-refractivity contribution is 0.397. The van der Waals surface area contributed by atoms with Gasteiger partial charge in [0.25, 0.3) is 0 Å². The molecule has 0 aliphatic rings. The summed E-state index contributed by atoms with van der Waals surface area (Å²) in [5, 5.41) is 0. The van der Waals surface area contributed by atoms with Crippen LogP contribution in [0.1, 0.15) is 45.7 Å². The molecule has 0 N–H and O–H groups in total. The van der Waals surface area contributed by atoms with E-state index >= 15 is 0 Å². The molecule has 1 aromatic rings. The van der Waals surface area contributed by atoms with Gasteiger partial charge in [-0.15, -0.1) is 0 Å². The number of ether oxygens (including phenoxy) is 1. The average molecular weight is 208 g/mol. The smallest absolute Gasteiger partial charge is 0.122 e. The molecule has 15 heavy (non-hydrogen) atoms. The fraction of sp³-hybridized carbons (Fsp3) is 0.571. The maximum Gasteiger partial charge on any atom is 0.122 e. The van der Waals surface area contributed by atoms with Crippen molar-refractivity contribution in [3.8, 4) is 5.75 Å². The molecule has 0 atom stereocenters. The van der Waals surface area contributed by atoms with Crippen molar-refractivity contribution in [1.29, 1.82) is 0 Å². The highest BCUT2D eigenvalue weighted by Crippen LogP contribution is 2.31. The summed E-state index contributed by atoms with van der Waals surface area (Å²) in [6, 6.07) is 6.36. The second kappa shape index (κ2) is 5.79. The summed E-state index contributed by atoms with van der Waals surface area (Å²) < 4.78 is 5.35. The summed E-state index contributed by atoms with van der Waals surface area (Å²) in [7, 11) is 1.73. The minimum absolute atomic E-state index is 0.152. The topological polar surface area (TPSA) is 9.23 Å². The van der Waals surface area contributed by atoms with Crippen LogP contribution in [0.25, 0.3) is 0 Å². The molecule has 0 heterocycles. The first kappa shape index (κ1) is 14.0. The minimum Gasteiger partial charge on any atom is -0.496 e. The van der Waals surface area contributed by atoms with Crippen LogP contribution in [0.2, 0.25) is 0 Å². The molecule has 1 rings (SSSR count). The lowest BCUT2D eigenvalue weighted by Gasteiger charge is -2.22. The number of hydrogen-bond acceptors (Lipinski definition) is 1. The third-order valence-corrected chi connectivity index (χ3v) is 2.17. The molecule has 0 saturated heterocycles. The standard InChI is InChI=1S/C12H18O.C2H6/c1-9-6-7-10(12(2,3)4)11(8-9)13-5;1-2/h6-8H,1-5H3;1-2H3. The van der Waals surface area contributed by atoms with E-state index in [2.05, 4.69) is 45.9 Å². The van der Waals surface area contributed by atoms with Gasteiger partial charge >= 0.3 is 0 Å². The Balaban J connectivity index is 0.000000921. The van der Waals surface area contributed by atoms with Crippen molar-refractivity contribution in [2.24, 2.45) is 0 Å². The van der Waals surface area contributed by atoms with Gasteiger partial charge < -0.3 is 4.74 Å². The third kappa shape index (κ3) is 3.94. The van der Waals surface area contributed by atoms with Gasteiger partial charge in [0.15, 0.2) is 0 Å². The highest BCUT2D eigenvalue weighted by Gasteiger charge is 2.18. The monoisotopic (exact) mass is 208 g/mol. The number of benzene rings is 1. The van der Waals surface area contributed by atoms with Crippen molar-refractivity contribution >= 4 is 0 Å². The highest BCUT2D eigenvalue weighted by atomic mass is 16.5. The van der Waals surface area contributed by atoms with Crippen LogP contribution < -0.4 is 4.74 Å². The quantitative estimate of drug-likeness (QED) is 0.667. The summed E-state index contributed by atoms with van der Waals surface area (Å²) in [5.41, 5.74) is 2.66. The van der Waals surface area contributed by atoms with E-state index in [1.54, 1.807) is 7.11 Å². The normalized spacial score (nSPS) is 10.3. The van der Waals surface area contributed by atoms with Crippen LogP contribution in [0.5, 0.6) is 5.75 Å². The van der Waals surface area contributed by atoms with Crippen molar-refractivity contribution in [3.05, 3.63) is 29.3 Å². The lowest BCUT2D eigenvalue weighted by atomic mass is 9.86. The zero-order chi connectivity index (χ0) is 12.1. The molecular weight excluding hydrogens is 184 g/mol. The Morgan fingerprint density at radius 3 is 2.00 bits per heavy atom. The second-order valence-corrected chi connectivity index (χ2v) is 4.45.